The van der Waals surface area contributed by atoms with E-state index in [9.17, 15) is 0 Å². The van der Waals surface area contributed by atoms with Crippen LogP contribution >= 0.6 is 12.2 Å². The van der Waals surface area contributed by atoms with Crippen molar-refractivity contribution < 1.29 is 0 Å². The predicted molar refractivity (Wildman–Crippen MR) is 63.2 cm³/mol. The number of thiocarbonyl (C=S) groups is 1. The first-order valence-electron chi connectivity index (χ1n) is 5.69. The van der Waals surface area contributed by atoms with Crippen molar-refractivity contribution in [2.24, 2.45) is 17.8 Å². The summed E-state index contributed by atoms with van der Waals surface area (Å²) in [5.41, 5.74) is 0. The molecule has 0 amide bonds. The van der Waals surface area contributed by atoms with Crippen molar-refractivity contribution in [3.8, 4) is 0 Å². The van der Waals surface area contributed by atoms with Gasteiger partial charge in [-0.25, -0.2) is 0 Å². The molecule has 2 nitrogen and oxygen atoms in total. The van der Waals surface area contributed by atoms with Gasteiger partial charge in [0.05, 0.1) is 0 Å². The van der Waals surface area contributed by atoms with E-state index in [4.69, 9.17) is 12.2 Å². The molecule has 0 aromatic rings. The second-order valence-electron chi connectivity index (χ2n) is 4.85. The van der Waals surface area contributed by atoms with Crippen molar-refractivity contribution in [1.82, 2.24) is 10.6 Å². The monoisotopic (exact) mass is 212 g/mol. The molecule has 4 atom stereocenters. The zero-order valence-electron chi connectivity index (χ0n) is 9.05. The van der Waals surface area contributed by atoms with E-state index >= 15 is 0 Å². The molecule has 0 aromatic carbocycles. The molecule has 80 valence electrons. The lowest BCUT2D eigenvalue weighted by Crippen LogP contribution is -2.43. The van der Waals surface area contributed by atoms with E-state index in [0.29, 0.717) is 6.04 Å². The van der Waals surface area contributed by atoms with E-state index in [1.165, 1.54) is 25.7 Å². The van der Waals surface area contributed by atoms with Gasteiger partial charge in [-0.05, 0) is 56.2 Å². The summed E-state index contributed by atoms with van der Waals surface area (Å²) in [7, 11) is 1.88. The molecule has 14 heavy (non-hydrogen) atoms. The zero-order valence-corrected chi connectivity index (χ0v) is 9.86. The first-order chi connectivity index (χ1) is 6.70. The van der Waals surface area contributed by atoms with Crippen molar-refractivity contribution in [1.29, 1.82) is 0 Å². The number of hydrogen-bond acceptors (Lipinski definition) is 1. The molecule has 0 aromatic heterocycles. The van der Waals surface area contributed by atoms with E-state index in [1.54, 1.807) is 0 Å². The number of hydrogen-bond donors (Lipinski definition) is 2. The fraction of sp³-hybridized carbons (Fsp3) is 0.909. The van der Waals surface area contributed by atoms with Crippen LogP contribution in [0.4, 0.5) is 0 Å². The van der Waals surface area contributed by atoms with E-state index in [1.807, 2.05) is 7.05 Å². The highest BCUT2D eigenvalue weighted by Gasteiger charge is 2.41. The third-order valence-corrected chi connectivity index (χ3v) is 4.34. The van der Waals surface area contributed by atoms with E-state index in [-0.39, 0.29) is 0 Å². The van der Waals surface area contributed by atoms with E-state index in [2.05, 4.69) is 17.6 Å². The van der Waals surface area contributed by atoms with Gasteiger partial charge in [0, 0.05) is 13.1 Å². The quantitative estimate of drug-likeness (QED) is 0.684. The van der Waals surface area contributed by atoms with Gasteiger partial charge in [0.15, 0.2) is 5.11 Å². The van der Waals surface area contributed by atoms with Gasteiger partial charge in [-0.15, -0.1) is 0 Å². The normalized spacial score (nSPS) is 36.9. The first kappa shape index (κ1) is 10.2. The highest BCUT2D eigenvalue weighted by molar-refractivity contribution is 7.80. The van der Waals surface area contributed by atoms with Gasteiger partial charge in [-0.2, -0.15) is 0 Å². The van der Waals surface area contributed by atoms with Crippen LogP contribution in [0, 0.1) is 17.8 Å². The van der Waals surface area contributed by atoms with Crippen LogP contribution in [-0.2, 0) is 0 Å². The molecule has 2 N–H and O–H groups in total. The Hall–Kier alpha value is -0.310. The summed E-state index contributed by atoms with van der Waals surface area (Å²) in [5.74, 6) is 2.86. The molecule has 2 aliphatic rings. The van der Waals surface area contributed by atoms with Crippen molar-refractivity contribution in [3.05, 3.63) is 0 Å². The summed E-state index contributed by atoms with van der Waals surface area (Å²) in [4.78, 5) is 0. The molecule has 2 aliphatic carbocycles. The van der Waals surface area contributed by atoms with Gasteiger partial charge in [0.2, 0.25) is 0 Å². The standard InChI is InChI=1S/C11H20N2S/c1-7(13-11(14)12-2)10-6-8-3-4-9(10)5-8/h7-10H,3-6H2,1-2H3,(H2,12,13,14)/t7-,8+,9+,10+/m0/s1. The molecular weight excluding hydrogens is 192 g/mol. The Bertz CT molecular complexity index is 229. The average Bonchev–Trinajstić information content (AvgIpc) is 2.78. The van der Waals surface area contributed by atoms with Gasteiger partial charge in [-0.3, -0.25) is 0 Å². The molecule has 2 rings (SSSR count). The highest BCUT2D eigenvalue weighted by atomic mass is 32.1. The Labute approximate surface area is 91.8 Å². The molecule has 0 aliphatic heterocycles. The molecule has 2 bridgehead atoms. The summed E-state index contributed by atoms with van der Waals surface area (Å²) < 4.78 is 0. The lowest BCUT2D eigenvalue weighted by Gasteiger charge is -2.29. The van der Waals surface area contributed by atoms with Crippen LogP contribution in [0.15, 0.2) is 0 Å². The Morgan fingerprint density at radius 2 is 2.14 bits per heavy atom. The summed E-state index contributed by atoms with van der Waals surface area (Å²) in [5, 5.41) is 7.15. The molecule has 2 saturated carbocycles. The Kier molecular flexibility index (Phi) is 2.96. The third kappa shape index (κ3) is 1.88. The van der Waals surface area contributed by atoms with Crippen LogP contribution in [0.3, 0.4) is 0 Å². The first-order valence-corrected chi connectivity index (χ1v) is 6.09. The van der Waals surface area contributed by atoms with Gasteiger partial charge in [-0.1, -0.05) is 6.42 Å². The van der Waals surface area contributed by atoms with Gasteiger partial charge in [0.25, 0.3) is 0 Å². The van der Waals surface area contributed by atoms with Crippen LogP contribution in [0.2, 0.25) is 0 Å². The maximum Gasteiger partial charge on any atom is 0.166 e. The lowest BCUT2D eigenvalue weighted by molar-refractivity contribution is 0.278. The minimum Gasteiger partial charge on any atom is -0.366 e. The van der Waals surface area contributed by atoms with Crippen LogP contribution in [-0.4, -0.2) is 18.2 Å². The number of rotatable bonds is 2. The molecule has 0 heterocycles. The zero-order chi connectivity index (χ0) is 10.1. The van der Waals surface area contributed by atoms with Crippen LogP contribution in [0.1, 0.15) is 32.6 Å². The predicted octanol–water partition coefficient (Wildman–Crippen LogP) is 1.90. The maximum absolute atomic E-state index is 5.13. The molecule has 3 heteroatoms. The Morgan fingerprint density at radius 1 is 1.36 bits per heavy atom. The average molecular weight is 212 g/mol. The summed E-state index contributed by atoms with van der Waals surface area (Å²) >= 11 is 5.13. The maximum atomic E-state index is 5.13. The summed E-state index contributed by atoms with van der Waals surface area (Å²) in [6.45, 7) is 2.27. The summed E-state index contributed by atoms with van der Waals surface area (Å²) in [6.07, 6.45) is 5.83. The fourth-order valence-electron chi connectivity index (χ4n) is 3.29. The fourth-order valence-corrected chi connectivity index (χ4v) is 3.48. The van der Waals surface area contributed by atoms with Crippen molar-refractivity contribution in [3.63, 3.8) is 0 Å². The second-order valence-corrected chi connectivity index (χ2v) is 5.26. The molecule has 0 saturated heterocycles. The molecule has 0 radical (unpaired) electrons. The molecule has 2 fully saturated rings. The highest BCUT2D eigenvalue weighted by Crippen LogP contribution is 2.49. The molecule has 0 unspecified atom stereocenters. The van der Waals surface area contributed by atoms with Crippen LogP contribution in [0.5, 0.6) is 0 Å². The number of nitrogens with one attached hydrogen (secondary N) is 2. The van der Waals surface area contributed by atoms with Crippen molar-refractivity contribution >= 4 is 17.3 Å². The lowest BCUT2D eigenvalue weighted by atomic mass is 9.84. The SMILES string of the molecule is CNC(=S)N[C@@H](C)[C@H]1C[C@@H]2CC[C@@H]1C2. The smallest absolute Gasteiger partial charge is 0.166 e. The largest absolute Gasteiger partial charge is 0.366 e. The van der Waals surface area contributed by atoms with Crippen molar-refractivity contribution in [2.75, 3.05) is 7.05 Å². The van der Waals surface area contributed by atoms with Crippen molar-refractivity contribution in [2.45, 2.75) is 38.6 Å². The molecule has 0 spiro atoms. The molecular formula is C11H20N2S. The second kappa shape index (κ2) is 4.05. The van der Waals surface area contributed by atoms with Gasteiger partial charge in [0.1, 0.15) is 0 Å². The summed E-state index contributed by atoms with van der Waals surface area (Å²) in [6, 6.07) is 0.547. The van der Waals surface area contributed by atoms with Gasteiger partial charge >= 0.3 is 0 Å². The number of fused-ring (bicyclic) bond motifs is 2. The Balaban J connectivity index is 1.86. The van der Waals surface area contributed by atoms with E-state index < -0.39 is 0 Å². The van der Waals surface area contributed by atoms with Crippen LogP contribution in [0.25, 0.3) is 0 Å². The topological polar surface area (TPSA) is 24.1 Å². The Morgan fingerprint density at radius 3 is 2.64 bits per heavy atom. The minimum absolute atomic E-state index is 0.547. The minimum atomic E-state index is 0.547. The van der Waals surface area contributed by atoms with Crippen LogP contribution < -0.4 is 10.6 Å². The third-order valence-electron chi connectivity index (χ3n) is 4.02. The van der Waals surface area contributed by atoms with Gasteiger partial charge < -0.3 is 10.6 Å². The van der Waals surface area contributed by atoms with E-state index in [0.717, 1.165) is 22.9 Å².